The minimum atomic E-state index is -0.962. The zero-order chi connectivity index (χ0) is 22.4. The van der Waals surface area contributed by atoms with Crippen LogP contribution in [-0.4, -0.2) is 47.2 Å². The summed E-state index contributed by atoms with van der Waals surface area (Å²) >= 11 is 0. The van der Waals surface area contributed by atoms with Crippen LogP contribution in [0.4, 0.5) is 5.69 Å². The molecule has 2 atom stereocenters. The molecule has 5 rings (SSSR count). The SMILES string of the molecule is CC1CN(Cc2cccc3c2C(=O)N(C2CCC(=O)NC2=O)C3=O)c2ccccc2CN1. The first-order valence-corrected chi connectivity index (χ1v) is 10.8. The minimum absolute atomic E-state index is 0.103. The van der Waals surface area contributed by atoms with Gasteiger partial charge in [-0.1, -0.05) is 30.3 Å². The van der Waals surface area contributed by atoms with Gasteiger partial charge in [0.2, 0.25) is 11.8 Å². The molecule has 2 aromatic carbocycles. The summed E-state index contributed by atoms with van der Waals surface area (Å²) in [5.74, 6) is -1.93. The number of carbonyl (C=O) groups excluding carboxylic acids is 4. The molecule has 3 aliphatic heterocycles. The van der Waals surface area contributed by atoms with E-state index in [-0.39, 0.29) is 24.8 Å². The van der Waals surface area contributed by atoms with E-state index in [0.717, 1.165) is 29.2 Å². The number of carbonyl (C=O) groups is 4. The maximum absolute atomic E-state index is 13.4. The number of fused-ring (bicyclic) bond motifs is 2. The van der Waals surface area contributed by atoms with Crippen LogP contribution in [0, 0.1) is 0 Å². The molecule has 1 fully saturated rings. The Balaban J connectivity index is 1.49. The normalized spacial score (nSPS) is 23.0. The van der Waals surface area contributed by atoms with Crippen molar-refractivity contribution in [1.82, 2.24) is 15.5 Å². The van der Waals surface area contributed by atoms with E-state index in [2.05, 4.69) is 34.6 Å². The van der Waals surface area contributed by atoms with Gasteiger partial charge >= 0.3 is 0 Å². The van der Waals surface area contributed by atoms with E-state index in [9.17, 15) is 19.2 Å². The van der Waals surface area contributed by atoms with E-state index in [0.29, 0.717) is 17.7 Å². The molecule has 0 radical (unpaired) electrons. The lowest BCUT2D eigenvalue weighted by Gasteiger charge is -2.28. The summed E-state index contributed by atoms with van der Waals surface area (Å²) in [5.41, 5.74) is 3.69. The van der Waals surface area contributed by atoms with Gasteiger partial charge in [0.15, 0.2) is 0 Å². The van der Waals surface area contributed by atoms with Crippen molar-refractivity contribution in [3.8, 4) is 0 Å². The molecule has 0 saturated carbocycles. The van der Waals surface area contributed by atoms with Crippen molar-refractivity contribution in [2.45, 2.75) is 44.9 Å². The fourth-order valence-corrected chi connectivity index (χ4v) is 4.82. The van der Waals surface area contributed by atoms with Gasteiger partial charge in [0.05, 0.1) is 11.1 Å². The molecule has 0 aromatic heterocycles. The number of nitrogens with one attached hydrogen (secondary N) is 2. The standard InChI is InChI=1S/C24H24N4O4/c1-14-12-27(18-8-3-2-5-15(18)11-25-14)13-16-6-4-7-17-21(16)24(32)28(23(17)31)19-9-10-20(29)26-22(19)30/h2-8,14,19,25H,9-13H2,1H3,(H,26,29,30). The maximum Gasteiger partial charge on any atom is 0.262 e. The number of imide groups is 2. The van der Waals surface area contributed by atoms with Crippen molar-refractivity contribution in [3.05, 3.63) is 64.7 Å². The number of piperidine rings is 1. The summed E-state index contributed by atoms with van der Waals surface area (Å²) in [6, 6.07) is 12.7. The van der Waals surface area contributed by atoms with Crippen molar-refractivity contribution in [3.63, 3.8) is 0 Å². The number of rotatable bonds is 3. The van der Waals surface area contributed by atoms with E-state index >= 15 is 0 Å². The van der Waals surface area contributed by atoms with Gasteiger partial charge in [0.1, 0.15) is 6.04 Å². The number of para-hydroxylation sites is 1. The monoisotopic (exact) mass is 432 g/mol. The molecular formula is C24H24N4O4. The van der Waals surface area contributed by atoms with Gasteiger partial charge in [0, 0.05) is 37.8 Å². The molecular weight excluding hydrogens is 408 g/mol. The fourth-order valence-electron chi connectivity index (χ4n) is 4.82. The summed E-state index contributed by atoms with van der Waals surface area (Å²) < 4.78 is 0. The van der Waals surface area contributed by atoms with Crippen LogP contribution in [-0.2, 0) is 22.7 Å². The lowest BCUT2D eigenvalue weighted by atomic mass is 10.0. The summed E-state index contributed by atoms with van der Waals surface area (Å²) in [6.45, 7) is 4.10. The molecule has 3 heterocycles. The van der Waals surface area contributed by atoms with Crippen LogP contribution in [0.3, 0.4) is 0 Å². The first-order chi connectivity index (χ1) is 15.4. The summed E-state index contributed by atoms with van der Waals surface area (Å²) in [4.78, 5) is 53.6. The molecule has 0 aliphatic carbocycles. The maximum atomic E-state index is 13.4. The first-order valence-electron chi connectivity index (χ1n) is 10.8. The van der Waals surface area contributed by atoms with E-state index in [1.54, 1.807) is 12.1 Å². The number of benzene rings is 2. The van der Waals surface area contributed by atoms with E-state index in [1.165, 1.54) is 5.56 Å². The minimum Gasteiger partial charge on any atom is -0.365 e. The summed E-state index contributed by atoms with van der Waals surface area (Å²) in [6.07, 6.45) is 0.250. The van der Waals surface area contributed by atoms with Crippen molar-refractivity contribution in [2.24, 2.45) is 0 Å². The van der Waals surface area contributed by atoms with Crippen molar-refractivity contribution >= 4 is 29.3 Å². The first kappa shape index (κ1) is 20.4. The highest BCUT2D eigenvalue weighted by molar-refractivity contribution is 6.24. The summed E-state index contributed by atoms with van der Waals surface area (Å²) in [7, 11) is 0. The van der Waals surface area contributed by atoms with Gasteiger partial charge in [-0.2, -0.15) is 0 Å². The number of amides is 4. The predicted octanol–water partition coefficient (Wildman–Crippen LogP) is 1.59. The molecule has 0 spiro atoms. The smallest absolute Gasteiger partial charge is 0.262 e. The van der Waals surface area contributed by atoms with E-state index in [4.69, 9.17) is 0 Å². The van der Waals surface area contributed by atoms with Crippen molar-refractivity contribution < 1.29 is 19.2 Å². The van der Waals surface area contributed by atoms with Crippen LogP contribution < -0.4 is 15.5 Å². The Morgan fingerprint density at radius 3 is 2.62 bits per heavy atom. The lowest BCUT2D eigenvalue weighted by molar-refractivity contribution is -0.136. The second-order valence-corrected chi connectivity index (χ2v) is 8.58. The highest BCUT2D eigenvalue weighted by atomic mass is 16.2. The molecule has 2 unspecified atom stereocenters. The Kier molecular flexibility index (Phi) is 5.01. The molecule has 1 saturated heterocycles. The zero-order valence-electron chi connectivity index (χ0n) is 17.8. The second kappa shape index (κ2) is 7.87. The largest absolute Gasteiger partial charge is 0.365 e. The molecule has 0 bridgehead atoms. The van der Waals surface area contributed by atoms with Gasteiger partial charge < -0.3 is 10.2 Å². The van der Waals surface area contributed by atoms with Crippen LogP contribution >= 0.6 is 0 Å². The lowest BCUT2D eigenvalue weighted by Crippen LogP contribution is -2.54. The number of nitrogens with zero attached hydrogens (tertiary/aromatic N) is 2. The molecule has 2 aromatic rings. The number of hydrogen-bond donors (Lipinski definition) is 2. The summed E-state index contributed by atoms with van der Waals surface area (Å²) in [5, 5.41) is 5.74. The van der Waals surface area contributed by atoms with E-state index < -0.39 is 23.8 Å². The van der Waals surface area contributed by atoms with Gasteiger partial charge in [-0.05, 0) is 36.6 Å². The van der Waals surface area contributed by atoms with Crippen LogP contribution in [0.2, 0.25) is 0 Å². The molecule has 8 heteroatoms. The topological polar surface area (TPSA) is 98.8 Å². The third kappa shape index (κ3) is 3.36. The third-order valence-corrected chi connectivity index (χ3v) is 6.38. The van der Waals surface area contributed by atoms with Crippen LogP contribution in [0.25, 0.3) is 0 Å². The van der Waals surface area contributed by atoms with Gasteiger partial charge in [0.25, 0.3) is 11.8 Å². The molecule has 8 nitrogen and oxygen atoms in total. The van der Waals surface area contributed by atoms with Crippen molar-refractivity contribution in [1.29, 1.82) is 0 Å². The fraction of sp³-hybridized carbons (Fsp3) is 0.333. The number of hydrogen-bond acceptors (Lipinski definition) is 6. The number of anilines is 1. The third-order valence-electron chi connectivity index (χ3n) is 6.38. The van der Waals surface area contributed by atoms with Crippen LogP contribution in [0.5, 0.6) is 0 Å². The van der Waals surface area contributed by atoms with Gasteiger partial charge in [-0.15, -0.1) is 0 Å². The highest BCUT2D eigenvalue weighted by Crippen LogP contribution is 2.32. The molecule has 3 aliphatic rings. The predicted molar refractivity (Wildman–Crippen MR) is 117 cm³/mol. The molecule has 32 heavy (non-hydrogen) atoms. The van der Waals surface area contributed by atoms with Crippen LogP contribution in [0.15, 0.2) is 42.5 Å². The molecule has 164 valence electrons. The highest BCUT2D eigenvalue weighted by Gasteiger charge is 2.45. The molecule has 2 N–H and O–H groups in total. The quantitative estimate of drug-likeness (QED) is 0.715. The average molecular weight is 432 g/mol. The Bertz CT molecular complexity index is 1140. The van der Waals surface area contributed by atoms with Crippen molar-refractivity contribution in [2.75, 3.05) is 11.4 Å². The average Bonchev–Trinajstić information content (AvgIpc) is 2.92. The Morgan fingerprint density at radius 2 is 1.81 bits per heavy atom. The van der Waals surface area contributed by atoms with Gasteiger partial charge in [-0.3, -0.25) is 29.4 Å². The van der Waals surface area contributed by atoms with Crippen LogP contribution in [0.1, 0.15) is 51.6 Å². The Morgan fingerprint density at radius 1 is 1.00 bits per heavy atom. The van der Waals surface area contributed by atoms with E-state index in [1.807, 2.05) is 18.2 Å². The second-order valence-electron chi connectivity index (χ2n) is 8.58. The Hall–Kier alpha value is -3.52. The van der Waals surface area contributed by atoms with Gasteiger partial charge in [-0.25, -0.2) is 0 Å². The molecule has 4 amide bonds. The Labute approximate surface area is 185 Å². The zero-order valence-corrected chi connectivity index (χ0v) is 17.8.